The van der Waals surface area contributed by atoms with Gasteiger partial charge >= 0.3 is 0 Å². The summed E-state index contributed by atoms with van der Waals surface area (Å²) in [5.41, 5.74) is 3.06. The average molecular weight is 673 g/mol. The van der Waals surface area contributed by atoms with Gasteiger partial charge in [0.25, 0.3) is 11.8 Å². The Hall–Kier alpha value is -4.39. The van der Waals surface area contributed by atoms with Crippen molar-refractivity contribution in [3.63, 3.8) is 0 Å². The number of benzene rings is 2. The summed E-state index contributed by atoms with van der Waals surface area (Å²) in [7, 11) is 0. The number of halogens is 1. The van der Waals surface area contributed by atoms with Crippen molar-refractivity contribution in [1.29, 1.82) is 0 Å². The smallest absolute Gasteiger partial charge is 0.270 e. The molecule has 4 N–H and O–H groups in total. The summed E-state index contributed by atoms with van der Waals surface area (Å²) >= 11 is 1.43. The molecule has 2 fully saturated rings. The van der Waals surface area contributed by atoms with Gasteiger partial charge in [-0.3, -0.25) is 14.5 Å². The number of carbonyl (C=O) groups is 2. The Kier molecular flexibility index (Phi) is 10.3. The van der Waals surface area contributed by atoms with Crippen molar-refractivity contribution in [1.82, 2.24) is 30.8 Å². The number of piperazine rings is 1. The lowest BCUT2D eigenvalue weighted by molar-refractivity contribution is 0.0888. The van der Waals surface area contributed by atoms with Crippen LogP contribution in [-0.2, 0) is 6.54 Å². The molecule has 0 spiro atoms. The fraction of sp³-hybridized carbons (Fsp3) is 0.389. The summed E-state index contributed by atoms with van der Waals surface area (Å²) < 4.78 is 20.4. The molecule has 0 bridgehead atoms. The first-order valence-electron chi connectivity index (χ1n) is 16.4. The maximum atomic E-state index is 14.3. The molecule has 0 radical (unpaired) electrons. The van der Waals surface area contributed by atoms with Crippen LogP contribution in [0.3, 0.4) is 0 Å². The average Bonchev–Trinajstić information content (AvgIpc) is 3.48. The van der Waals surface area contributed by atoms with Crippen LogP contribution < -0.4 is 20.7 Å². The van der Waals surface area contributed by atoms with Gasteiger partial charge in [-0.2, -0.15) is 0 Å². The summed E-state index contributed by atoms with van der Waals surface area (Å²) in [6.07, 6.45) is 3.73. The maximum absolute atomic E-state index is 14.3. The highest BCUT2D eigenvalue weighted by atomic mass is 32.1. The molecule has 1 saturated carbocycles. The summed E-state index contributed by atoms with van der Waals surface area (Å²) in [6, 6.07) is 14.6. The van der Waals surface area contributed by atoms with E-state index in [4.69, 9.17) is 4.74 Å². The van der Waals surface area contributed by atoms with E-state index in [1.165, 1.54) is 11.3 Å². The number of amides is 2. The topological polar surface area (TPSA) is 129 Å². The van der Waals surface area contributed by atoms with Gasteiger partial charge in [-0.15, -0.1) is 11.3 Å². The van der Waals surface area contributed by atoms with E-state index in [2.05, 4.69) is 50.7 Å². The largest absolute Gasteiger partial charge is 0.508 e. The Balaban J connectivity index is 1.10. The van der Waals surface area contributed by atoms with Crippen LogP contribution in [0.5, 0.6) is 17.4 Å². The van der Waals surface area contributed by atoms with E-state index in [9.17, 15) is 19.1 Å². The number of thiazole rings is 1. The first-order valence-corrected chi connectivity index (χ1v) is 17.2. The second-order valence-corrected chi connectivity index (χ2v) is 14.0. The molecule has 12 heteroatoms. The number of nitrogens with one attached hydrogen (secondary N) is 3. The SMILES string of the molecule is Cc1nc(C(=O)N[C@H]2CC[C@@H](NC(=O)c3cc(F)cnc3Oc3cccc(-c4cc(O)cc(CN5C[C@@H](C)N[C@@H](C)C5)c4)c3)CC2)cs1. The molecule has 2 aromatic heterocycles. The molecule has 1 aliphatic heterocycles. The number of rotatable bonds is 9. The molecule has 2 amide bonds. The zero-order chi connectivity index (χ0) is 33.8. The molecule has 1 saturated heterocycles. The summed E-state index contributed by atoms with van der Waals surface area (Å²) in [4.78, 5) is 36.6. The number of aromatic hydroxyl groups is 1. The third kappa shape index (κ3) is 8.55. The van der Waals surface area contributed by atoms with Crippen molar-refractivity contribution in [3.8, 4) is 28.5 Å². The van der Waals surface area contributed by atoms with Crippen molar-refractivity contribution in [2.75, 3.05) is 13.1 Å². The van der Waals surface area contributed by atoms with E-state index >= 15 is 0 Å². The van der Waals surface area contributed by atoms with Crippen molar-refractivity contribution in [2.24, 2.45) is 0 Å². The van der Waals surface area contributed by atoms with Gasteiger partial charge < -0.3 is 25.8 Å². The van der Waals surface area contributed by atoms with Crippen LogP contribution in [0.2, 0.25) is 0 Å². The monoisotopic (exact) mass is 672 g/mol. The number of hydrogen-bond acceptors (Lipinski definition) is 9. The maximum Gasteiger partial charge on any atom is 0.270 e. The van der Waals surface area contributed by atoms with Crippen LogP contribution in [0.15, 0.2) is 60.1 Å². The Labute approximate surface area is 283 Å². The molecule has 2 atom stereocenters. The van der Waals surface area contributed by atoms with Crippen LogP contribution >= 0.6 is 11.3 Å². The van der Waals surface area contributed by atoms with E-state index < -0.39 is 11.7 Å². The highest BCUT2D eigenvalue weighted by Gasteiger charge is 2.27. The number of pyridine rings is 1. The Bertz CT molecular complexity index is 1760. The van der Waals surface area contributed by atoms with E-state index in [1.807, 2.05) is 25.1 Å². The molecule has 10 nitrogen and oxygen atoms in total. The third-order valence-corrected chi connectivity index (χ3v) is 9.48. The fourth-order valence-corrected chi connectivity index (χ4v) is 7.25. The second-order valence-electron chi connectivity index (χ2n) is 12.9. The second kappa shape index (κ2) is 14.8. The molecular formula is C36H41FN6O4S. The van der Waals surface area contributed by atoms with Crippen LogP contribution in [-0.4, -0.2) is 69.0 Å². The van der Waals surface area contributed by atoms with E-state index in [1.54, 1.807) is 23.6 Å². The van der Waals surface area contributed by atoms with Crippen LogP contribution in [0.4, 0.5) is 4.39 Å². The minimum atomic E-state index is -0.648. The van der Waals surface area contributed by atoms with Crippen molar-refractivity contribution < 1.29 is 23.8 Å². The molecule has 6 rings (SSSR count). The Morgan fingerprint density at radius 1 is 1.00 bits per heavy atom. The normalized spacial score (nSPS) is 21.4. The van der Waals surface area contributed by atoms with Gasteiger partial charge in [0.05, 0.1) is 11.2 Å². The molecule has 2 aromatic carbocycles. The minimum absolute atomic E-state index is 0.00569. The summed E-state index contributed by atoms with van der Waals surface area (Å²) in [5.74, 6) is -0.730. The number of phenols is 1. The molecule has 2 aliphatic rings. The first-order chi connectivity index (χ1) is 23.1. The number of hydrogen-bond donors (Lipinski definition) is 4. The molecule has 0 unspecified atom stereocenters. The number of phenolic OH excluding ortho intramolecular Hbond substituents is 1. The zero-order valence-corrected chi connectivity index (χ0v) is 28.1. The fourth-order valence-electron chi connectivity index (χ4n) is 6.65. The quantitative estimate of drug-likeness (QED) is 0.176. The first kappa shape index (κ1) is 33.5. The minimum Gasteiger partial charge on any atom is -0.508 e. The Morgan fingerprint density at radius 2 is 1.71 bits per heavy atom. The zero-order valence-electron chi connectivity index (χ0n) is 27.3. The Morgan fingerprint density at radius 3 is 2.40 bits per heavy atom. The van der Waals surface area contributed by atoms with E-state index in [0.29, 0.717) is 55.8 Å². The number of carbonyl (C=O) groups excluding carboxylic acids is 2. The van der Waals surface area contributed by atoms with E-state index in [0.717, 1.165) is 47.1 Å². The molecule has 1 aliphatic carbocycles. The highest BCUT2D eigenvalue weighted by molar-refractivity contribution is 7.09. The van der Waals surface area contributed by atoms with Crippen LogP contribution in [0, 0.1) is 12.7 Å². The number of aryl methyl sites for hydroxylation is 1. The third-order valence-electron chi connectivity index (χ3n) is 8.71. The lowest BCUT2D eigenvalue weighted by Crippen LogP contribution is -2.53. The number of aromatic nitrogens is 2. The molecule has 4 aromatic rings. The molecule has 252 valence electrons. The molecule has 48 heavy (non-hydrogen) atoms. The van der Waals surface area contributed by atoms with Gasteiger partial charge in [0.2, 0.25) is 5.88 Å². The lowest BCUT2D eigenvalue weighted by atomic mass is 9.91. The van der Waals surface area contributed by atoms with Gasteiger partial charge in [0, 0.05) is 49.2 Å². The lowest BCUT2D eigenvalue weighted by Gasteiger charge is -2.36. The van der Waals surface area contributed by atoms with Gasteiger partial charge in [0.1, 0.15) is 28.6 Å². The van der Waals surface area contributed by atoms with Crippen LogP contribution in [0.1, 0.15) is 70.9 Å². The predicted molar refractivity (Wildman–Crippen MR) is 183 cm³/mol. The van der Waals surface area contributed by atoms with Crippen molar-refractivity contribution >= 4 is 23.2 Å². The van der Waals surface area contributed by atoms with E-state index in [-0.39, 0.29) is 35.2 Å². The predicted octanol–water partition coefficient (Wildman–Crippen LogP) is 5.80. The van der Waals surface area contributed by atoms with Gasteiger partial charge in [0.15, 0.2) is 0 Å². The van der Waals surface area contributed by atoms with Gasteiger partial charge in [-0.05, 0) is 99.5 Å². The number of nitrogens with zero attached hydrogens (tertiary/aromatic N) is 3. The van der Waals surface area contributed by atoms with Crippen LogP contribution in [0.25, 0.3) is 11.1 Å². The standard InChI is InChI=1S/C36H41FN6O4S/c1-21-17-43(18-22(2)39-21)19-24-11-26(13-30(44)12-24)25-5-4-6-31(14-25)47-36-32(15-27(37)16-38-36)34(45)41-28-7-9-29(10-8-28)42-35(46)33-20-48-23(3)40-33/h4-6,11-16,20-22,28-29,39,44H,7-10,17-19H2,1-3H3,(H,41,45)(H,42,46)/t21-,22+,28-,29+. The summed E-state index contributed by atoms with van der Waals surface area (Å²) in [5, 5.41) is 22.8. The molecular weight excluding hydrogens is 631 g/mol. The van der Waals surface area contributed by atoms with Gasteiger partial charge in [-0.25, -0.2) is 14.4 Å². The van der Waals surface area contributed by atoms with Gasteiger partial charge in [-0.1, -0.05) is 12.1 Å². The highest BCUT2D eigenvalue weighted by Crippen LogP contribution is 2.32. The summed E-state index contributed by atoms with van der Waals surface area (Å²) in [6.45, 7) is 8.77. The van der Waals surface area contributed by atoms with Crippen molar-refractivity contribution in [2.45, 2.75) is 77.2 Å². The van der Waals surface area contributed by atoms with Crippen molar-refractivity contribution in [3.05, 3.63) is 87.8 Å². The number of ether oxygens (including phenoxy) is 1. The molecule has 3 heterocycles.